The first-order valence-electron chi connectivity index (χ1n) is 6.74. The zero-order valence-electron chi connectivity index (χ0n) is 11.9. The van der Waals surface area contributed by atoms with E-state index < -0.39 is 0 Å². The number of pyridine rings is 1. The zero-order valence-corrected chi connectivity index (χ0v) is 11.9. The first-order chi connectivity index (χ1) is 9.76. The van der Waals surface area contributed by atoms with Gasteiger partial charge in [0.1, 0.15) is 6.61 Å². The summed E-state index contributed by atoms with van der Waals surface area (Å²) in [6.07, 6.45) is 1.77. The van der Waals surface area contributed by atoms with Crippen LogP contribution in [-0.4, -0.2) is 11.6 Å². The van der Waals surface area contributed by atoms with Gasteiger partial charge in [-0.3, -0.25) is 4.98 Å². The van der Waals surface area contributed by atoms with Crippen molar-refractivity contribution in [1.29, 1.82) is 0 Å². The van der Waals surface area contributed by atoms with Crippen LogP contribution in [0.3, 0.4) is 0 Å². The predicted octanol–water partition coefficient (Wildman–Crippen LogP) is 2.83. The van der Waals surface area contributed by atoms with E-state index in [1.54, 1.807) is 6.20 Å². The number of para-hydroxylation sites is 1. The normalized spacial score (nSPS) is 10.3. The SMILES string of the molecule is CCOc1cccc(CN)c1OCc1ncccc1C. The Balaban J connectivity index is 2.21. The first kappa shape index (κ1) is 14.3. The van der Waals surface area contributed by atoms with Crippen molar-refractivity contribution in [3.63, 3.8) is 0 Å². The molecule has 0 spiro atoms. The number of hydrogen-bond acceptors (Lipinski definition) is 4. The van der Waals surface area contributed by atoms with E-state index >= 15 is 0 Å². The molecule has 0 saturated carbocycles. The van der Waals surface area contributed by atoms with Gasteiger partial charge < -0.3 is 15.2 Å². The average molecular weight is 272 g/mol. The minimum Gasteiger partial charge on any atom is -0.490 e. The van der Waals surface area contributed by atoms with E-state index in [2.05, 4.69) is 4.98 Å². The van der Waals surface area contributed by atoms with Crippen LogP contribution in [0.25, 0.3) is 0 Å². The molecule has 1 aromatic carbocycles. The van der Waals surface area contributed by atoms with Crippen molar-refractivity contribution in [2.75, 3.05) is 6.61 Å². The van der Waals surface area contributed by atoms with Crippen LogP contribution < -0.4 is 15.2 Å². The molecule has 2 N–H and O–H groups in total. The zero-order chi connectivity index (χ0) is 14.4. The Morgan fingerprint density at radius 1 is 1.15 bits per heavy atom. The van der Waals surface area contributed by atoms with Gasteiger partial charge in [0.25, 0.3) is 0 Å². The van der Waals surface area contributed by atoms with Crippen LogP contribution in [0.1, 0.15) is 23.7 Å². The summed E-state index contributed by atoms with van der Waals surface area (Å²) in [4.78, 5) is 4.33. The highest BCUT2D eigenvalue weighted by Crippen LogP contribution is 2.31. The van der Waals surface area contributed by atoms with Gasteiger partial charge in [0.2, 0.25) is 0 Å². The van der Waals surface area contributed by atoms with Crippen LogP contribution in [0.5, 0.6) is 11.5 Å². The molecule has 0 atom stereocenters. The lowest BCUT2D eigenvalue weighted by Crippen LogP contribution is -2.07. The van der Waals surface area contributed by atoms with Gasteiger partial charge in [-0.2, -0.15) is 0 Å². The quantitative estimate of drug-likeness (QED) is 0.878. The minimum absolute atomic E-state index is 0.407. The maximum Gasteiger partial charge on any atom is 0.166 e. The van der Waals surface area contributed by atoms with E-state index in [1.807, 2.05) is 44.2 Å². The average Bonchev–Trinajstić information content (AvgIpc) is 2.47. The van der Waals surface area contributed by atoms with Gasteiger partial charge >= 0.3 is 0 Å². The molecule has 0 amide bonds. The summed E-state index contributed by atoms with van der Waals surface area (Å²) in [5.41, 5.74) is 8.72. The van der Waals surface area contributed by atoms with Gasteiger partial charge in [-0.05, 0) is 31.5 Å². The Bertz CT molecular complexity index is 570. The van der Waals surface area contributed by atoms with E-state index in [4.69, 9.17) is 15.2 Å². The topological polar surface area (TPSA) is 57.4 Å². The van der Waals surface area contributed by atoms with Crippen LogP contribution in [0.2, 0.25) is 0 Å². The molecule has 4 nitrogen and oxygen atoms in total. The largest absolute Gasteiger partial charge is 0.490 e. The summed E-state index contributed by atoms with van der Waals surface area (Å²) in [7, 11) is 0. The number of hydrogen-bond donors (Lipinski definition) is 1. The second kappa shape index (κ2) is 6.91. The van der Waals surface area contributed by atoms with Gasteiger partial charge in [-0.15, -0.1) is 0 Å². The van der Waals surface area contributed by atoms with Gasteiger partial charge in [0.05, 0.1) is 12.3 Å². The fraction of sp³-hybridized carbons (Fsp3) is 0.312. The van der Waals surface area contributed by atoms with E-state index in [9.17, 15) is 0 Å². The van der Waals surface area contributed by atoms with Crippen LogP contribution in [-0.2, 0) is 13.2 Å². The Labute approximate surface area is 119 Å². The Morgan fingerprint density at radius 3 is 2.70 bits per heavy atom. The molecule has 1 heterocycles. The molecule has 1 aromatic heterocycles. The third-order valence-corrected chi connectivity index (χ3v) is 3.05. The number of aryl methyl sites for hydroxylation is 1. The second-order valence-corrected chi connectivity index (χ2v) is 4.44. The molecule has 4 heteroatoms. The lowest BCUT2D eigenvalue weighted by molar-refractivity contribution is 0.263. The summed E-state index contributed by atoms with van der Waals surface area (Å²) in [6, 6.07) is 9.70. The summed E-state index contributed by atoms with van der Waals surface area (Å²) < 4.78 is 11.5. The van der Waals surface area contributed by atoms with Crippen molar-refractivity contribution in [2.45, 2.75) is 27.0 Å². The number of benzene rings is 1. The fourth-order valence-electron chi connectivity index (χ4n) is 1.97. The number of nitrogens with two attached hydrogens (primary N) is 1. The monoisotopic (exact) mass is 272 g/mol. The van der Waals surface area contributed by atoms with Crippen molar-refractivity contribution in [3.8, 4) is 11.5 Å². The molecule has 0 unspecified atom stereocenters. The second-order valence-electron chi connectivity index (χ2n) is 4.44. The summed E-state index contributed by atoms with van der Waals surface area (Å²) in [5, 5.41) is 0. The fourth-order valence-corrected chi connectivity index (χ4v) is 1.97. The Kier molecular flexibility index (Phi) is 4.96. The third kappa shape index (κ3) is 3.27. The lowest BCUT2D eigenvalue weighted by atomic mass is 10.2. The highest BCUT2D eigenvalue weighted by molar-refractivity contribution is 5.46. The molecule has 2 rings (SSSR count). The van der Waals surface area contributed by atoms with E-state index in [-0.39, 0.29) is 0 Å². The highest BCUT2D eigenvalue weighted by atomic mass is 16.5. The van der Waals surface area contributed by atoms with Crippen molar-refractivity contribution in [3.05, 3.63) is 53.3 Å². The van der Waals surface area contributed by atoms with Gasteiger partial charge in [0, 0.05) is 18.3 Å². The van der Waals surface area contributed by atoms with Crippen molar-refractivity contribution in [2.24, 2.45) is 5.73 Å². The maximum absolute atomic E-state index is 5.91. The van der Waals surface area contributed by atoms with Crippen LogP contribution >= 0.6 is 0 Å². The van der Waals surface area contributed by atoms with E-state index in [0.717, 1.165) is 22.6 Å². The Hall–Kier alpha value is -2.07. The molecule has 0 aliphatic heterocycles. The molecule has 106 valence electrons. The molecule has 0 radical (unpaired) electrons. The summed E-state index contributed by atoms with van der Waals surface area (Å²) in [6.45, 7) is 5.37. The summed E-state index contributed by atoms with van der Waals surface area (Å²) >= 11 is 0. The molecule has 0 aliphatic carbocycles. The molecule has 20 heavy (non-hydrogen) atoms. The molecule has 0 aliphatic rings. The molecule has 0 fully saturated rings. The standard InChI is InChI=1S/C16H20N2O2/c1-3-19-15-8-4-7-13(10-17)16(15)20-11-14-12(2)6-5-9-18-14/h4-9H,3,10-11,17H2,1-2H3. The van der Waals surface area contributed by atoms with E-state index in [0.29, 0.717) is 25.5 Å². The molecular weight excluding hydrogens is 252 g/mol. The third-order valence-electron chi connectivity index (χ3n) is 3.05. The minimum atomic E-state index is 0.407. The van der Waals surface area contributed by atoms with Crippen LogP contribution in [0.15, 0.2) is 36.5 Å². The number of ether oxygens (including phenoxy) is 2. The Morgan fingerprint density at radius 2 is 2.00 bits per heavy atom. The van der Waals surface area contributed by atoms with E-state index in [1.165, 1.54) is 0 Å². The predicted molar refractivity (Wildman–Crippen MR) is 78.8 cm³/mol. The van der Waals surface area contributed by atoms with Gasteiger partial charge in [0.15, 0.2) is 11.5 Å². The van der Waals surface area contributed by atoms with Gasteiger partial charge in [-0.25, -0.2) is 0 Å². The van der Waals surface area contributed by atoms with Crippen LogP contribution in [0.4, 0.5) is 0 Å². The molecule has 0 saturated heterocycles. The number of nitrogens with zero attached hydrogens (tertiary/aromatic N) is 1. The van der Waals surface area contributed by atoms with Crippen molar-refractivity contribution in [1.82, 2.24) is 4.98 Å². The van der Waals surface area contributed by atoms with Crippen molar-refractivity contribution >= 4 is 0 Å². The summed E-state index contributed by atoms with van der Waals surface area (Å²) in [5.74, 6) is 1.44. The maximum atomic E-state index is 5.91. The lowest BCUT2D eigenvalue weighted by Gasteiger charge is -2.15. The molecular formula is C16H20N2O2. The first-order valence-corrected chi connectivity index (χ1v) is 6.74. The smallest absolute Gasteiger partial charge is 0.166 e. The number of rotatable bonds is 6. The highest BCUT2D eigenvalue weighted by Gasteiger charge is 2.11. The van der Waals surface area contributed by atoms with Crippen LogP contribution in [0, 0.1) is 6.92 Å². The molecule has 0 bridgehead atoms. The van der Waals surface area contributed by atoms with Crippen molar-refractivity contribution < 1.29 is 9.47 Å². The molecule has 2 aromatic rings. The number of aromatic nitrogens is 1. The van der Waals surface area contributed by atoms with Gasteiger partial charge in [-0.1, -0.05) is 18.2 Å².